The quantitative estimate of drug-likeness (QED) is 0.240. The van der Waals surface area contributed by atoms with Gasteiger partial charge in [-0.25, -0.2) is 4.98 Å². The van der Waals surface area contributed by atoms with Gasteiger partial charge in [-0.15, -0.1) is 0 Å². The highest BCUT2D eigenvalue weighted by Crippen LogP contribution is 1.85. The smallest absolute Gasteiger partial charge is 0.249 e. The van der Waals surface area contributed by atoms with E-state index in [0.29, 0.717) is 5.69 Å². The van der Waals surface area contributed by atoms with Crippen LogP contribution in [0.4, 0.5) is 0 Å². The lowest BCUT2D eigenvalue weighted by atomic mass is 10.3. The molecule has 0 saturated carbocycles. The molecule has 0 fully saturated rings. The molecule has 0 bridgehead atoms. The van der Waals surface area contributed by atoms with Gasteiger partial charge in [0.1, 0.15) is 0 Å². The van der Waals surface area contributed by atoms with Crippen molar-refractivity contribution >= 4 is 5.84 Å². The first-order valence-corrected chi connectivity index (χ1v) is 2.79. The number of nitrogens with two attached hydrogens (primary N) is 1. The highest BCUT2D eigenvalue weighted by atomic mass is 16.4. The minimum atomic E-state index is 0.0839. The maximum atomic E-state index is 8.23. The normalized spacial score (nSPS) is 11.4. The molecule has 4 N–H and O–H groups in total. The molecule has 0 unspecified atom stereocenters. The number of nitrogens with zero attached hydrogens (tertiary/aromatic N) is 1. The number of aromatic nitrogens is 1. The molecule has 52 valence electrons. The monoisotopic (exact) mass is 138 g/mol. The molecule has 1 heterocycles. The summed E-state index contributed by atoms with van der Waals surface area (Å²) in [7, 11) is 0. The Morgan fingerprint density at radius 2 is 2.40 bits per heavy atom. The molecule has 1 aromatic rings. The highest BCUT2D eigenvalue weighted by Gasteiger charge is 2.02. The summed E-state index contributed by atoms with van der Waals surface area (Å²) in [6.45, 7) is 0. The topological polar surface area (TPSA) is 72.8 Å². The van der Waals surface area contributed by atoms with Crippen LogP contribution >= 0.6 is 0 Å². The molecule has 0 atom stereocenters. The third kappa shape index (κ3) is 1.22. The maximum Gasteiger partial charge on any atom is 0.249 e. The molecule has 0 aliphatic heterocycles. The lowest BCUT2D eigenvalue weighted by molar-refractivity contribution is -0.380. The number of nitrogens with one attached hydrogen (secondary N) is 1. The fourth-order valence-electron chi connectivity index (χ4n) is 0.607. The van der Waals surface area contributed by atoms with Crippen molar-refractivity contribution in [2.75, 3.05) is 0 Å². The van der Waals surface area contributed by atoms with E-state index in [0.717, 1.165) is 0 Å². The molecule has 1 rings (SSSR count). The van der Waals surface area contributed by atoms with Gasteiger partial charge in [-0.1, -0.05) is 5.16 Å². The zero-order valence-corrected chi connectivity index (χ0v) is 5.28. The average molecular weight is 138 g/mol. The molecule has 0 aliphatic rings. The van der Waals surface area contributed by atoms with Crippen molar-refractivity contribution in [3.8, 4) is 0 Å². The molecule has 1 aromatic heterocycles. The number of oxime groups is 1. The number of pyridine rings is 1. The standard InChI is InChI=1S/C6H7N3O/c7-6(9-10)5-3-1-2-4-8-5/h1-4,10H,(H2,7,9)/p+1. The Kier molecular flexibility index (Phi) is 1.84. The lowest BCUT2D eigenvalue weighted by Gasteiger charge is -1.87. The van der Waals surface area contributed by atoms with E-state index in [1.807, 2.05) is 6.07 Å². The Labute approximate surface area is 58.0 Å². The van der Waals surface area contributed by atoms with Crippen LogP contribution in [0.1, 0.15) is 5.69 Å². The van der Waals surface area contributed by atoms with E-state index in [1.54, 1.807) is 18.3 Å². The predicted molar refractivity (Wildman–Crippen MR) is 35.5 cm³/mol. The van der Waals surface area contributed by atoms with Crippen LogP contribution in [0.15, 0.2) is 29.6 Å². The van der Waals surface area contributed by atoms with Crippen LogP contribution in [0.2, 0.25) is 0 Å². The molecule has 10 heavy (non-hydrogen) atoms. The van der Waals surface area contributed by atoms with Gasteiger partial charge in [0.2, 0.25) is 11.5 Å². The van der Waals surface area contributed by atoms with Crippen molar-refractivity contribution in [3.63, 3.8) is 0 Å². The number of hydrogen-bond donors (Lipinski definition) is 2. The van der Waals surface area contributed by atoms with Gasteiger partial charge >= 0.3 is 0 Å². The molecular formula is C6H8N3O+. The number of H-pyrrole nitrogens is 1. The van der Waals surface area contributed by atoms with Crippen LogP contribution in [-0.4, -0.2) is 11.0 Å². The van der Waals surface area contributed by atoms with E-state index >= 15 is 0 Å². The summed E-state index contributed by atoms with van der Waals surface area (Å²) >= 11 is 0. The molecular weight excluding hydrogens is 130 g/mol. The number of rotatable bonds is 1. The Hall–Kier alpha value is -1.58. The number of aromatic amines is 1. The second kappa shape index (κ2) is 2.82. The molecule has 0 aliphatic carbocycles. The van der Waals surface area contributed by atoms with Crippen LogP contribution in [0.5, 0.6) is 0 Å². The summed E-state index contributed by atoms with van der Waals surface area (Å²) < 4.78 is 0. The van der Waals surface area contributed by atoms with Gasteiger partial charge in [-0.3, -0.25) is 0 Å². The van der Waals surface area contributed by atoms with Crippen LogP contribution in [0.25, 0.3) is 0 Å². The van der Waals surface area contributed by atoms with Crippen molar-refractivity contribution in [2.45, 2.75) is 0 Å². The second-order valence-electron chi connectivity index (χ2n) is 1.76. The summed E-state index contributed by atoms with van der Waals surface area (Å²) in [6.07, 6.45) is 1.70. The minimum Gasteiger partial charge on any atom is -0.409 e. The van der Waals surface area contributed by atoms with Crippen molar-refractivity contribution in [2.24, 2.45) is 10.9 Å². The summed E-state index contributed by atoms with van der Waals surface area (Å²) in [5.41, 5.74) is 5.86. The SMILES string of the molecule is N/C(=N\O)c1cccc[nH+]1. The van der Waals surface area contributed by atoms with Gasteiger partial charge in [-0.05, 0) is 6.07 Å². The minimum absolute atomic E-state index is 0.0839. The van der Waals surface area contributed by atoms with Crippen LogP contribution in [-0.2, 0) is 0 Å². The van der Waals surface area contributed by atoms with Crippen molar-refractivity contribution < 1.29 is 10.2 Å². The van der Waals surface area contributed by atoms with E-state index < -0.39 is 0 Å². The first-order valence-electron chi connectivity index (χ1n) is 2.79. The molecule has 0 saturated heterocycles. The summed E-state index contributed by atoms with van der Waals surface area (Å²) in [5.74, 6) is 0.0839. The van der Waals surface area contributed by atoms with Gasteiger partial charge in [0.05, 0.1) is 0 Å². The van der Waals surface area contributed by atoms with Gasteiger partial charge < -0.3 is 10.9 Å². The predicted octanol–water partition coefficient (Wildman–Crippen LogP) is -0.405. The fraction of sp³-hybridized carbons (Fsp3) is 0. The van der Waals surface area contributed by atoms with E-state index in [9.17, 15) is 0 Å². The van der Waals surface area contributed by atoms with Crippen LogP contribution in [0.3, 0.4) is 0 Å². The van der Waals surface area contributed by atoms with Gasteiger partial charge in [-0.2, -0.15) is 0 Å². The largest absolute Gasteiger partial charge is 0.409 e. The van der Waals surface area contributed by atoms with E-state index in [4.69, 9.17) is 10.9 Å². The molecule has 0 radical (unpaired) electrons. The Morgan fingerprint density at radius 1 is 1.60 bits per heavy atom. The highest BCUT2D eigenvalue weighted by molar-refractivity contribution is 5.93. The van der Waals surface area contributed by atoms with Gasteiger partial charge in [0.15, 0.2) is 6.20 Å². The fourth-order valence-corrected chi connectivity index (χ4v) is 0.607. The Morgan fingerprint density at radius 3 is 2.90 bits per heavy atom. The first kappa shape index (κ1) is 6.54. The van der Waals surface area contributed by atoms with Crippen molar-refractivity contribution in [3.05, 3.63) is 30.1 Å². The first-order chi connectivity index (χ1) is 4.84. The van der Waals surface area contributed by atoms with E-state index in [2.05, 4.69) is 10.1 Å². The number of hydrogen-bond acceptors (Lipinski definition) is 2. The third-order valence-electron chi connectivity index (χ3n) is 1.09. The summed E-state index contributed by atoms with van der Waals surface area (Å²) in [4.78, 5) is 2.80. The van der Waals surface area contributed by atoms with Crippen molar-refractivity contribution in [1.82, 2.24) is 0 Å². The van der Waals surface area contributed by atoms with E-state index in [-0.39, 0.29) is 5.84 Å². The Balaban J connectivity index is 2.96. The molecule has 4 heteroatoms. The van der Waals surface area contributed by atoms with Crippen LogP contribution < -0.4 is 10.7 Å². The van der Waals surface area contributed by atoms with Gasteiger partial charge in [0, 0.05) is 12.1 Å². The summed E-state index contributed by atoms with van der Waals surface area (Å²) in [6, 6.07) is 5.33. The van der Waals surface area contributed by atoms with Gasteiger partial charge in [0.25, 0.3) is 0 Å². The molecule has 0 spiro atoms. The van der Waals surface area contributed by atoms with E-state index in [1.165, 1.54) is 0 Å². The summed E-state index contributed by atoms with van der Waals surface area (Å²) in [5, 5.41) is 11.1. The van der Waals surface area contributed by atoms with Crippen molar-refractivity contribution in [1.29, 1.82) is 0 Å². The second-order valence-corrected chi connectivity index (χ2v) is 1.76. The molecule has 0 aromatic carbocycles. The third-order valence-corrected chi connectivity index (χ3v) is 1.09. The molecule has 4 nitrogen and oxygen atoms in total. The molecule has 0 amide bonds. The zero-order valence-electron chi connectivity index (χ0n) is 5.28. The lowest BCUT2D eigenvalue weighted by Crippen LogP contribution is -2.23. The Bertz CT molecular complexity index is 232. The average Bonchev–Trinajstić information content (AvgIpc) is 2.05. The van der Waals surface area contributed by atoms with Crippen LogP contribution in [0, 0.1) is 0 Å². The zero-order chi connectivity index (χ0) is 7.40. The maximum absolute atomic E-state index is 8.23. The number of amidine groups is 1.